The Hall–Kier alpha value is 0.350. The molecule has 52 valence electrons. The van der Waals surface area contributed by atoms with Crippen molar-refractivity contribution in [2.24, 2.45) is 11.3 Å². The van der Waals surface area contributed by atoms with Gasteiger partial charge in [0.15, 0.2) is 0 Å². The zero-order chi connectivity index (χ0) is 6.32. The van der Waals surface area contributed by atoms with Crippen LogP contribution in [0.2, 0.25) is 0 Å². The van der Waals surface area contributed by atoms with Gasteiger partial charge in [0.05, 0.1) is 0 Å². The van der Waals surface area contributed by atoms with Crippen molar-refractivity contribution in [1.29, 1.82) is 0 Å². The fourth-order valence-electron chi connectivity index (χ4n) is 2.38. The van der Waals surface area contributed by atoms with Gasteiger partial charge in [-0.05, 0) is 42.8 Å². The lowest BCUT2D eigenvalue weighted by Crippen LogP contribution is -2.43. The van der Waals surface area contributed by atoms with Crippen LogP contribution < -0.4 is 0 Å². The Kier molecular flexibility index (Phi) is 1.29. The Morgan fingerprint density at radius 1 is 1.33 bits per heavy atom. The zero-order valence-corrected chi connectivity index (χ0v) is 6.66. The van der Waals surface area contributed by atoms with E-state index in [-0.39, 0.29) is 0 Å². The summed E-state index contributed by atoms with van der Waals surface area (Å²) in [6.07, 6.45) is 7.54. The molecule has 2 aliphatic rings. The molecule has 1 heteroatoms. The van der Waals surface area contributed by atoms with Crippen molar-refractivity contribution in [2.75, 3.05) is 5.75 Å². The van der Waals surface area contributed by atoms with Crippen LogP contribution in [-0.4, -0.2) is 5.75 Å². The summed E-state index contributed by atoms with van der Waals surface area (Å²) in [7, 11) is 0. The molecule has 1 spiro atoms. The lowest BCUT2D eigenvalue weighted by molar-refractivity contribution is -0.0139. The van der Waals surface area contributed by atoms with Crippen LogP contribution in [0.1, 0.15) is 32.1 Å². The van der Waals surface area contributed by atoms with Crippen molar-refractivity contribution in [3.63, 3.8) is 0 Å². The maximum absolute atomic E-state index is 4.29. The minimum absolute atomic E-state index is 0.868. The number of hydrogen-bond acceptors (Lipinski definition) is 1. The van der Waals surface area contributed by atoms with Crippen LogP contribution in [0.25, 0.3) is 0 Å². The molecule has 0 nitrogen and oxygen atoms in total. The zero-order valence-electron chi connectivity index (χ0n) is 5.77. The maximum Gasteiger partial charge on any atom is -0.00691 e. The molecule has 0 aromatic carbocycles. The topological polar surface area (TPSA) is 0 Å². The first-order chi connectivity index (χ1) is 4.35. The smallest absolute Gasteiger partial charge is 0.00691 e. The molecule has 0 N–H and O–H groups in total. The highest BCUT2D eigenvalue weighted by Crippen LogP contribution is 2.58. The quantitative estimate of drug-likeness (QED) is 0.534. The van der Waals surface area contributed by atoms with Crippen molar-refractivity contribution < 1.29 is 0 Å². The minimum Gasteiger partial charge on any atom is -0.179 e. The minimum atomic E-state index is 0.868. The molecule has 9 heavy (non-hydrogen) atoms. The SMILES string of the molecule is SCC1CC2(CCC2)C1. The Bertz CT molecular complexity index is 108. The van der Waals surface area contributed by atoms with Crippen molar-refractivity contribution >= 4 is 12.6 Å². The van der Waals surface area contributed by atoms with E-state index in [0.717, 1.165) is 17.1 Å². The molecule has 0 unspecified atom stereocenters. The van der Waals surface area contributed by atoms with Crippen molar-refractivity contribution in [1.82, 2.24) is 0 Å². The third kappa shape index (κ3) is 0.813. The lowest BCUT2D eigenvalue weighted by atomic mass is 9.52. The first kappa shape index (κ1) is 6.09. The third-order valence-electron chi connectivity index (χ3n) is 3.12. The summed E-state index contributed by atoms with van der Waals surface area (Å²) in [5, 5.41) is 0. The van der Waals surface area contributed by atoms with Crippen LogP contribution >= 0.6 is 12.6 Å². The van der Waals surface area contributed by atoms with E-state index in [1.807, 2.05) is 0 Å². The van der Waals surface area contributed by atoms with Crippen LogP contribution in [0, 0.1) is 11.3 Å². The standard InChI is InChI=1S/C8H14S/c9-6-7-4-8(5-7)2-1-3-8/h7,9H,1-6H2. The second-order valence-corrected chi connectivity index (χ2v) is 4.18. The highest BCUT2D eigenvalue weighted by atomic mass is 32.1. The van der Waals surface area contributed by atoms with E-state index in [1.165, 1.54) is 32.1 Å². The molecule has 2 saturated carbocycles. The fourth-order valence-corrected chi connectivity index (χ4v) is 2.64. The molecule has 2 rings (SSSR count). The van der Waals surface area contributed by atoms with Crippen molar-refractivity contribution in [3.8, 4) is 0 Å². The molecule has 0 heterocycles. The number of thiol groups is 1. The summed E-state index contributed by atoms with van der Waals surface area (Å²) in [5.41, 5.74) is 0.868. The molecule has 0 aromatic heterocycles. The first-order valence-electron chi connectivity index (χ1n) is 3.96. The summed E-state index contributed by atoms with van der Waals surface area (Å²) in [6, 6.07) is 0. The Morgan fingerprint density at radius 3 is 2.33 bits per heavy atom. The first-order valence-corrected chi connectivity index (χ1v) is 4.59. The molecule has 2 fully saturated rings. The molecule has 0 amide bonds. The summed E-state index contributed by atoms with van der Waals surface area (Å²) in [6.45, 7) is 0. The van der Waals surface area contributed by atoms with Gasteiger partial charge in [0.25, 0.3) is 0 Å². The second-order valence-electron chi connectivity index (χ2n) is 3.81. The van der Waals surface area contributed by atoms with Crippen LogP contribution in [-0.2, 0) is 0 Å². The third-order valence-corrected chi connectivity index (χ3v) is 3.63. The maximum atomic E-state index is 4.29. The van der Waals surface area contributed by atoms with Crippen LogP contribution in [0.5, 0.6) is 0 Å². The van der Waals surface area contributed by atoms with Crippen molar-refractivity contribution in [3.05, 3.63) is 0 Å². The van der Waals surface area contributed by atoms with Gasteiger partial charge in [-0.2, -0.15) is 12.6 Å². The van der Waals surface area contributed by atoms with Gasteiger partial charge in [-0.3, -0.25) is 0 Å². The Labute approximate surface area is 62.4 Å². The van der Waals surface area contributed by atoms with E-state index in [4.69, 9.17) is 0 Å². The van der Waals surface area contributed by atoms with Crippen LogP contribution in [0.4, 0.5) is 0 Å². The van der Waals surface area contributed by atoms with Gasteiger partial charge in [-0.1, -0.05) is 6.42 Å². The molecule has 0 saturated heterocycles. The normalized spacial score (nSPS) is 31.7. The van der Waals surface area contributed by atoms with E-state index in [2.05, 4.69) is 12.6 Å². The predicted molar refractivity (Wildman–Crippen MR) is 42.9 cm³/mol. The highest BCUT2D eigenvalue weighted by Gasteiger charge is 2.47. The average Bonchev–Trinajstić information content (AvgIpc) is 1.59. The Balaban J connectivity index is 1.82. The largest absolute Gasteiger partial charge is 0.179 e. The van der Waals surface area contributed by atoms with Gasteiger partial charge in [0.1, 0.15) is 0 Å². The molecule has 0 radical (unpaired) electrons. The molecule has 0 atom stereocenters. The van der Waals surface area contributed by atoms with E-state index in [9.17, 15) is 0 Å². The van der Waals surface area contributed by atoms with E-state index in [1.54, 1.807) is 0 Å². The van der Waals surface area contributed by atoms with E-state index >= 15 is 0 Å². The molecule has 2 aliphatic carbocycles. The molecule has 0 aromatic rings. The Morgan fingerprint density at radius 2 is 2.00 bits per heavy atom. The predicted octanol–water partition coefficient (Wildman–Crippen LogP) is 2.50. The molecule has 0 bridgehead atoms. The van der Waals surface area contributed by atoms with Gasteiger partial charge in [0, 0.05) is 0 Å². The number of rotatable bonds is 1. The van der Waals surface area contributed by atoms with Crippen LogP contribution in [0.15, 0.2) is 0 Å². The summed E-state index contributed by atoms with van der Waals surface area (Å²) in [5.74, 6) is 2.11. The lowest BCUT2D eigenvalue weighted by Gasteiger charge is -2.54. The highest BCUT2D eigenvalue weighted by molar-refractivity contribution is 7.80. The van der Waals surface area contributed by atoms with Crippen molar-refractivity contribution in [2.45, 2.75) is 32.1 Å². The van der Waals surface area contributed by atoms with Gasteiger partial charge in [-0.15, -0.1) is 0 Å². The van der Waals surface area contributed by atoms with E-state index in [0.29, 0.717) is 0 Å². The molecule has 0 aliphatic heterocycles. The average molecular weight is 142 g/mol. The van der Waals surface area contributed by atoms with Gasteiger partial charge in [-0.25, -0.2) is 0 Å². The van der Waals surface area contributed by atoms with Crippen LogP contribution in [0.3, 0.4) is 0 Å². The summed E-state index contributed by atoms with van der Waals surface area (Å²) in [4.78, 5) is 0. The second kappa shape index (κ2) is 1.91. The molecular weight excluding hydrogens is 128 g/mol. The van der Waals surface area contributed by atoms with E-state index < -0.39 is 0 Å². The van der Waals surface area contributed by atoms with Gasteiger partial charge in [0.2, 0.25) is 0 Å². The van der Waals surface area contributed by atoms with Gasteiger partial charge >= 0.3 is 0 Å². The summed E-state index contributed by atoms with van der Waals surface area (Å²) < 4.78 is 0. The monoisotopic (exact) mass is 142 g/mol. The summed E-state index contributed by atoms with van der Waals surface area (Å²) >= 11 is 4.29. The fraction of sp³-hybridized carbons (Fsp3) is 1.00. The number of hydrogen-bond donors (Lipinski definition) is 1. The van der Waals surface area contributed by atoms with Gasteiger partial charge < -0.3 is 0 Å². The molecular formula is C8H14S.